The number of halogens is 2. The number of nitrogens with two attached hydrogens (primary N) is 1. The summed E-state index contributed by atoms with van der Waals surface area (Å²) in [5, 5.41) is 3.38. The van der Waals surface area contributed by atoms with Crippen LogP contribution in [0.25, 0.3) is 0 Å². The second kappa shape index (κ2) is 6.97. The van der Waals surface area contributed by atoms with Gasteiger partial charge in [-0.15, -0.1) is 12.4 Å². The molecule has 3 saturated carbocycles. The molecular weight excluding hydrogens is 388 g/mol. The topological polar surface area (TPSA) is 55.1 Å². The van der Waals surface area contributed by atoms with Crippen LogP contribution in [0.3, 0.4) is 0 Å². The molecule has 0 heterocycles. The van der Waals surface area contributed by atoms with Crippen LogP contribution < -0.4 is 11.1 Å². The molecule has 1 amide bonds. The Kier molecular flexibility index (Phi) is 5.29. The van der Waals surface area contributed by atoms with E-state index < -0.39 is 0 Å². The standard InChI is InChI=1S/C19H25BrN2O.ClH/c20-16-6-4-15(5-7-16)19(8-9-19)22-18(23)14-10-12-2-1-3-13(11-14)17(12)21;/h4-7,12-14,17H,1-3,8-11,21H2,(H,22,23);1H. The number of carbonyl (C=O) groups is 1. The second-order valence-corrected chi connectivity index (χ2v) is 8.69. The molecule has 0 saturated heterocycles. The lowest BCUT2D eigenvalue weighted by Crippen LogP contribution is -2.50. The quantitative estimate of drug-likeness (QED) is 0.783. The number of hydrogen-bond acceptors (Lipinski definition) is 2. The Labute approximate surface area is 158 Å². The van der Waals surface area contributed by atoms with Crippen LogP contribution in [0.4, 0.5) is 0 Å². The Morgan fingerprint density at radius 1 is 1.12 bits per heavy atom. The maximum atomic E-state index is 12.9. The third-order valence-electron chi connectivity index (χ3n) is 6.29. The third kappa shape index (κ3) is 3.38. The molecule has 0 spiro atoms. The van der Waals surface area contributed by atoms with Gasteiger partial charge in [0, 0.05) is 16.4 Å². The van der Waals surface area contributed by atoms with E-state index in [1.54, 1.807) is 0 Å². The van der Waals surface area contributed by atoms with Crippen molar-refractivity contribution in [3.63, 3.8) is 0 Å². The molecule has 132 valence electrons. The molecule has 2 atom stereocenters. The van der Waals surface area contributed by atoms with Crippen LogP contribution in [0.2, 0.25) is 0 Å². The molecule has 2 bridgehead atoms. The number of carbonyl (C=O) groups excluding carboxylic acids is 1. The fourth-order valence-electron chi connectivity index (χ4n) is 4.72. The zero-order chi connectivity index (χ0) is 16.0. The molecule has 3 N–H and O–H groups in total. The molecular formula is C19H26BrClN2O. The lowest BCUT2D eigenvalue weighted by atomic mass is 9.65. The van der Waals surface area contributed by atoms with Crippen LogP contribution in [0.1, 0.15) is 50.5 Å². The molecule has 1 aromatic carbocycles. The molecule has 2 unspecified atom stereocenters. The lowest BCUT2D eigenvalue weighted by molar-refractivity contribution is -0.129. The van der Waals surface area contributed by atoms with E-state index >= 15 is 0 Å². The number of benzene rings is 1. The van der Waals surface area contributed by atoms with Crippen molar-refractivity contribution in [2.45, 2.75) is 56.5 Å². The minimum absolute atomic E-state index is 0. The highest BCUT2D eigenvalue weighted by Gasteiger charge is 2.48. The van der Waals surface area contributed by atoms with Crippen molar-refractivity contribution in [3.05, 3.63) is 34.3 Å². The van der Waals surface area contributed by atoms with Crippen molar-refractivity contribution < 1.29 is 4.79 Å². The summed E-state index contributed by atoms with van der Waals surface area (Å²) in [5.74, 6) is 1.54. The Bertz CT molecular complexity index is 588. The van der Waals surface area contributed by atoms with Gasteiger partial charge in [-0.3, -0.25) is 4.79 Å². The molecule has 3 fully saturated rings. The zero-order valence-electron chi connectivity index (χ0n) is 13.8. The first-order valence-electron chi connectivity index (χ1n) is 8.91. The molecule has 3 aliphatic carbocycles. The molecule has 3 aliphatic rings. The van der Waals surface area contributed by atoms with Gasteiger partial charge in [-0.2, -0.15) is 0 Å². The first kappa shape index (κ1) is 18.2. The van der Waals surface area contributed by atoms with E-state index in [9.17, 15) is 4.79 Å². The van der Waals surface area contributed by atoms with Gasteiger partial charge in [0.05, 0.1) is 5.54 Å². The predicted octanol–water partition coefficient (Wildman–Crippen LogP) is 4.13. The van der Waals surface area contributed by atoms with Crippen molar-refractivity contribution in [2.24, 2.45) is 23.5 Å². The average molecular weight is 414 g/mol. The molecule has 1 aromatic rings. The van der Waals surface area contributed by atoms with E-state index in [-0.39, 0.29) is 29.8 Å². The Hall–Kier alpha value is -0.580. The summed E-state index contributed by atoms with van der Waals surface area (Å²) in [6, 6.07) is 8.71. The first-order chi connectivity index (χ1) is 11.1. The van der Waals surface area contributed by atoms with Gasteiger partial charge in [0.15, 0.2) is 0 Å². The number of rotatable bonds is 3. The maximum absolute atomic E-state index is 12.9. The van der Waals surface area contributed by atoms with Gasteiger partial charge >= 0.3 is 0 Å². The third-order valence-corrected chi connectivity index (χ3v) is 6.82. The summed E-state index contributed by atoms with van der Waals surface area (Å²) in [6.07, 6.45) is 7.79. The summed E-state index contributed by atoms with van der Waals surface area (Å²) in [7, 11) is 0. The minimum Gasteiger partial charge on any atom is -0.346 e. The van der Waals surface area contributed by atoms with Gasteiger partial charge < -0.3 is 11.1 Å². The summed E-state index contributed by atoms with van der Waals surface area (Å²) in [6.45, 7) is 0. The van der Waals surface area contributed by atoms with Gasteiger partial charge in [-0.05, 0) is 68.1 Å². The monoisotopic (exact) mass is 412 g/mol. The minimum atomic E-state index is -0.105. The number of nitrogens with one attached hydrogen (secondary N) is 1. The number of amides is 1. The van der Waals surface area contributed by atoms with Crippen molar-refractivity contribution in [3.8, 4) is 0 Å². The summed E-state index contributed by atoms with van der Waals surface area (Å²) < 4.78 is 1.08. The van der Waals surface area contributed by atoms with Crippen LogP contribution in [0.15, 0.2) is 28.7 Å². The second-order valence-electron chi connectivity index (χ2n) is 7.77. The molecule has 3 nitrogen and oxygen atoms in total. The highest BCUT2D eigenvalue weighted by molar-refractivity contribution is 9.10. The van der Waals surface area contributed by atoms with E-state index in [0.717, 1.165) is 30.2 Å². The predicted molar refractivity (Wildman–Crippen MR) is 102 cm³/mol. The summed E-state index contributed by atoms with van der Waals surface area (Å²) in [4.78, 5) is 12.9. The lowest BCUT2D eigenvalue weighted by Gasteiger charge is -2.43. The summed E-state index contributed by atoms with van der Waals surface area (Å²) in [5.41, 5.74) is 7.49. The van der Waals surface area contributed by atoms with Crippen molar-refractivity contribution in [1.29, 1.82) is 0 Å². The smallest absolute Gasteiger partial charge is 0.223 e. The SMILES string of the molecule is Cl.NC1C2CCCC1CC(C(=O)NC1(c3ccc(Br)cc3)CC1)C2. The molecule has 4 rings (SSSR count). The van der Waals surface area contributed by atoms with Crippen LogP contribution in [0.5, 0.6) is 0 Å². The highest BCUT2D eigenvalue weighted by Crippen LogP contribution is 2.47. The molecule has 24 heavy (non-hydrogen) atoms. The first-order valence-corrected chi connectivity index (χ1v) is 9.70. The van der Waals surface area contributed by atoms with Crippen LogP contribution in [0, 0.1) is 17.8 Å². The van der Waals surface area contributed by atoms with E-state index in [2.05, 4.69) is 45.5 Å². The largest absolute Gasteiger partial charge is 0.346 e. The van der Waals surface area contributed by atoms with E-state index in [1.807, 2.05) is 0 Å². The van der Waals surface area contributed by atoms with Gasteiger partial charge in [-0.25, -0.2) is 0 Å². The summed E-state index contributed by atoms with van der Waals surface area (Å²) >= 11 is 3.48. The van der Waals surface area contributed by atoms with E-state index in [0.29, 0.717) is 17.9 Å². The number of hydrogen-bond donors (Lipinski definition) is 2. The Balaban J connectivity index is 0.00000169. The Morgan fingerprint density at radius 3 is 2.25 bits per heavy atom. The van der Waals surface area contributed by atoms with Crippen LogP contribution in [-0.4, -0.2) is 11.9 Å². The van der Waals surface area contributed by atoms with Crippen molar-refractivity contribution >= 4 is 34.2 Å². The molecule has 5 heteroatoms. The zero-order valence-corrected chi connectivity index (χ0v) is 16.2. The van der Waals surface area contributed by atoms with E-state index in [1.165, 1.54) is 24.8 Å². The normalized spacial score (nSPS) is 33.2. The van der Waals surface area contributed by atoms with Crippen molar-refractivity contribution in [2.75, 3.05) is 0 Å². The highest BCUT2D eigenvalue weighted by atomic mass is 79.9. The Morgan fingerprint density at radius 2 is 1.71 bits per heavy atom. The van der Waals surface area contributed by atoms with E-state index in [4.69, 9.17) is 5.73 Å². The van der Waals surface area contributed by atoms with Gasteiger partial charge in [-0.1, -0.05) is 34.5 Å². The maximum Gasteiger partial charge on any atom is 0.223 e. The average Bonchev–Trinajstić information content (AvgIpc) is 3.28. The van der Waals surface area contributed by atoms with Gasteiger partial charge in [0.1, 0.15) is 0 Å². The number of fused-ring (bicyclic) bond motifs is 2. The van der Waals surface area contributed by atoms with Gasteiger partial charge in [0.25, 0.3) is 0 Å². The van der Waals surface area contributed by atoms with Crippen LogP contribution in [-0.2, 0) is 10.3 Å². The van der Waals surface area contributed by atoms with Crippen LogP contribution >= 0.6 is 28.3 Å². The fourth-order valence-corrected chi connectivity index (χ4v) is 4.99. The fraction of sp³-hybridized carbons (Fsp3) is 0.632. The molecule has 0 aromatic heterocycles. The molecule has 0 aliphatic heterocycles. The van der Waals surface area contributed by atoms with Crippen molar-refractivity contribution in [1.82, 2.24) is 5.32 Å². The van der Waals surface area contributed by atoms with Gasteiger partial charge in [0.2, 0.25) is 5.91 Å². The molecule has 0 radical (unpaired) electrons.